The second-order valence-corrected chi connectivity index (χ2v) is 5.74. The Labute approximate surface area is 117 Å². The average Bonchev–Trinajstić information content (AvgIpc) is 2.46. The van der Waals surface area contributed by atoms with E-state index in [1.54, 1.807) is 0 Å². The number of nitrogens with one attached hydrogen (secondary N) is 2. The predicted octanol–water partition coefficient (Wildman–Crippen LogP) is 1.68. The normalized spacial score (nSPS) is 20.3. The molecule has 4 heteroatoms. The molecule has 1 unspecified atom stereocenters. The van der Waals surface area contributed by atoms with E-state index in [9.17, 15) is 9.90 Å². The zero-order valence-electron chi connectivity index (χ0n) is 12.7. The van der Waals surface area contributed by atoms with Crippen LogP contribution in [0, 0.1) is 11.3 Å². The molecule has 19 heavy (non-hydrogen) atoms. The van der Waals surface area contributed by atoms with Crippen LogP contribution in [0.25, 0.3) is 0 Å². The summed E-state index contributed by atoms with van der Waals surface area (Å²) < 4.78 is 0. The van der Waals surface area contributed by atoms with Crippen LogP contribution in [0.4, 0.5) is 0 Å². The Morgan fingerprint density at radius 3 is 2.32 bits per heavy atom. The molecule has 0 bridgehead atoms. The van der Waals surface area contributed by atoms with E-state index >= 15 is 0 Å². The third-order valence-electron chi connectivity index (χ3n) is 4.78. The van der Waals surface area contributed by atoms with E-state index in [-0.39, 0.29) is 17.2 Å². The molecule has 4 nitrogen and oxygen atoms in total. The van der Waals surface area contributed by atoms with Crippen LogP contribution in [0.2, 0.25) is 0 Å². The van der Waals surface area contributed by atoms with E-state index in [2.05, 4.69) is 31.4 Å². The summed E-state index contributed by atoms with van der Waals surface area (Å²) in [6.07, 6.45) is 4.16. The SMILES string of the molecule is CCC(CC)C(O)CNC(=O)C1(CC)CCNCC1. The fourth-order valence-corrected chi connectivity index (χ4v) is 3.03. The summed E-state index contributed by atoms with van der Waals surface area (Å²) in [5.41, 5.74) is -0.223. The lowest BCUT2D eigenvalue weighted by Crippen LogP contribution is -2.49. The van der Waals surface area contributed by atoms with Gasteiger partial charge in [-0.15, -0.1) is 0 Å². The second kappa shape index (κ2) is 7.85. The van der Waals surface area contributed by atoms with Gasteiger partial charge < -0.3 is 15.7 Å². The third kappa shape index (κ3) is 4.18. The fraction of sp³-hybridized carbons (Fsp3) is 0.933. The minimum atomic E-state index is -0.422. The molecule has 1 aliphatic heterocycles. The average molecular weight is 270 g/mol. The lowest BCUT2D eigenvalue weighted by Gasteiger charge is -2.35. The molecular weight excluding hydrogens is 240 g/mol. The number of aliphatic hydroxyl groups is 1. The molecule has 0 saturated carbocycles. The van der Waals surface area contributed by atoms with Crippen molar-refractivity contribution in [1.82, 2.24) is 10.6 Å². The van der Waals surface area contributed by atoms with Crippen LogP contribution in [-0.4, -0.2) is 36.8 Å². The van der Waals surface area contributed by atoms with Gasteiger partial charge in [-0.05, 0) is 38.3 Å². The summed E-state index contributed by atoms with van der Waals surface area (Å²) >= 11 is 0. The molecule has 1 fully saturated rings. The second-order valence-electron chi connectivity index (χ2n) is 5.74. The van der Waals surface area contributed by atoms with Crippen LogP contribution in [0.5, 0.6) is 0 Å². The van der Waals surface area contributed by atoms with Gasteiger partial charge in [-0.1, -0.05) is 33.6 Å². The van der Waals surface area contributed by atoms with Crippen molar-refractivity contribution >= 4 is 5.91 Å². The molecule has 0 radical (unpaired) electrons. The Morgan fingerprint density at radius 1 is 1.26 bits per heavy atom. The molecule has 1 rings (SSSR count). The number of carbonyl (C=O) groups is 1. The van der Waals surface area contributed by atoms with Gasteiger partial charge in [-0.2, -0.15) is 0 Å². The summed E-state index contributed by atoms with van der Waals surface area (Å²) in [4.78, 5) is 12.4. The quantitative estimate of drug-likeness (QED) is 0.659. The maximum absolute atomic E-state index is 12.4. The number of carbonyl (C=O) groups excluding carboxylic acids is 1. The predicted molar refractivity (Wildman–Crippen MR) is 77.9 cm³/mol. The molecule has 0 aromatic rings. The highest BCUT2D eigenvalue weighted by Crippen LogP contribution is 2.32. The first kappa shape index (κ1) is 16.4. The van der Waals surface area contributed by atoms with E-state index in [0.29, 0.717) is 6.54 Å². The van der Waals surface area contributed by atoms with Crippen molar-refractivity contribution in [3.8, 4) is 0 Å². The first-order chi connectivity index (χ1) is 9.09. The number of amides is 1. The molecule has 1 amide bonds. The Hall–Kier alpha value is -0.610. The van der Waals surface area contributed by atoms with Crippen molar-refractivity contribution in [2.24, 2.45) is 11.3 Å². The van der Waals surface area contributed by atoms with Crippen LogP contribution in [0.1, 0.15) is 52.9 Å². The van der Waals surface area contributed by atoms with Crippen molar-refractivity contribution in [3.63, 3.8) is 0 Å². The van der Waals surface area contributed by atoms with Crippen LogP contribution in [0.15, 0.2) is 0 Å². The highest BCUT2D eigenvalue weighted by atomic mass is 16.3. The molecule has 112 valence electrons. The van der Waals surface area contributed by atoms with E-state index in [4.69, 9.17) is 0 Å². The molecule has 1 aliphatic rings. The molecule has 0 aromatic carbocycles. The first-order valence-corrected chi connectivity index (χ1v) is 7.76. The number of hydrogen-bond donors (Lipinski definition) is 3. The topological polar surface area (TPSA) is 61.4 Å². The molecule has 3 N–H and O–H groups in total. The lowest BCUT2D eigenvalue weighted by molar-refractivity contribution is -0.133. The minimum absolute atomic E-state index is 0.126. The highest BCUT2D eigenvalue weighted by molar-refractivity contribution is 5.82. The van der Waals surface area contributed by atoms with E-state index in [1.165, 1.54) is 0 Å². The molecule has 0 aliphatic carbocycles. The molecular formula is C15H30N2O2. The van der Waals surface area contributed by atoms with Crippen LogP contribution in [-0.2, 0) is 4.79 Å². The summed E-state index contributed by atoms with van der Waals surface area (Å²) in [5, 5.41) is 16.4. The van der Waals surface area contributed by atoms with Gasteiger partial charge >= 0.3 is 0 Å². The fourth-order valence-electron chi connectivity index (χ4n) is 3.03. The summed E-state index contributed by atoms with van der Waals surface area (Å²) in [5.74, 6) is 0.410. The smallest absolute Gasteiger partial charge is 0.226 e. The number of piperidine rings is 1. The Morgan fingerprint density at radius 2 is 1.84 bits per heavy atom. The maximum Gasteiger partial charge on any atom is 0.226 e. The maximum atomic E-state index is 12.4. The number of rotatable bonds is 7. The van der Waals surface area contributed by atoms with Crippen LogP contribution >= 0.6 is 0 Å². The molecule has 0 spiro atoms. The lowest BCUT2D eigenvalue weighted by atomic mass is 9.76. The summed E-state index contributed by atoms with van der Waals surface area (Å²) in [7, 11) is 0. The van der Waals surface area contributed by atoms with Crippen molar-refractivity contribution in [2.75, 3.05) is 19.6 Å². The van der Waals surface area contributed by atoms with E-state index < -0.39 is 6.10 Å². The summed E-state index contributed by atoms with van der Waals surface area (Å²) in [6.45, 7) is 8.47. The van der Waals surface area contributed by atoms with Gasteiger partial charge in [0.2, 0.25) is 5.91 Å². The molecule has 1 heterocycles. The van der Waals surface area contributed by atoms with Gasteiger partial charge in [-0.3, -0.25) is 4.79 Å². The van der Waals surface area contributed by atoms with Crippen LogP contribution in [0.3, 0.4) is 0 Å². The van der Waals surface area contributed by atoms with Gasteiger partial charge in [0.1, 0.15) is 0 Å². The van der Waals surface area contributed by atoms with Gasteiger partial charge in [0.05, 0.1) is 11.5 Å². The van der Waals surface area contributed by atoms with E-state index in [1.807, 2.05) is 0 Å². The van der Waals surface area contributed by atoms with E-state index in [0.717, 1.165) is 45.2 Å². The van der Waals surface area contributed by atoms with Crippen molar-refractivity contribution in [1.29, 1.82) is 0 Å². The van der Waals surface area contributed by atoms with Crippen molar-refractivity contribution < 1.29 is 9.90 Å². The van der Waals surface area contributed by atoms with Gasteiger partial charge in [0.25, 0.3) is 0 Å². The molecule has 0 aromatic heterocycles. The zero-order chi connectivity index (χ0) is 14.3. The van der Waals surface area contributed by atoms with Gasteiger partial charge in [0, 0.05) is 6.54 Å². The Kier molecular flexibility index (Phi) is 6.80. The number of hydrogen-bond acceptors (Lipinski definition) is 3. The highest BCUT2D eigenvalue weighted by Gasteiger charge is 2.37. The largest absolute Gasteiger partial charge is 0.391 e. The molecule has 1 saturated heterocycles. The van der Waals surface area contributed by atoms with Crippen molar-refractivity contribution in [3.05, 3.63) is 0 Å². The standard InChI is InChI=1S/C15H30N2O2/c1-4-12(5-2)13(18)11-17-14(19)15(6-3)7-9-16-10-8-15/h12-13,16,18H,4-11H2,1-3H3,(H,17,19). The Bertz CT molecular complexity index is 271. The molecule has 1 atom stereocenters. The zero-order valence-corrected chi connectivity index (χ0v) is 12.7. The van der Waals surface area contributed by atoms with Crippen LogP contribution < -0.4 is 10.6 Å². The van der Waals surface area contributed by atoms with Crippen molar-refractivity contribution in [2.45, 2.75) is 59.0 Å². The monoisotopic (exact) mass is 270 g/mol. The van der Waals surface area contributed by atoms with Gasteiger partial charge in [0.15, 0.2) is 0 Å². The first-order valence-electron chi connectivity index (χ1n) is 7.76. The Balaban J connectivity index is 2.49. The summed E-state index contributed by atoms with van der Waals surface area (Å²) in [6, 6.07) is 0. The van der Waals surface area contributed by atoms with Gasteiger partial charge in [-0.25, -0.2) is 0 Å². The third-order valence-corrected chi connectivity index (χ3v) is 4.78. The minimum Gasteiger partial charge on any atom is -0.391 e. The number of aliphatic hydroxyl groups excluding tert-OH is 1.